The number of nitrogens with one attached hydrogen (secondary N) is 1. The number of ether oxygens (including phenoxy) is 12. The maximum atomic E-state index is 12.0. The lowest BCUT2D eigenvalue weighted by Crippen LogP contribution is -2.68. The summed E-state index contributed by atoms with van der Waals surface area (Å²) < 4.78 is 68.2. The van der Waals surface area contributed by atoms with Crippen molar-refractivity contribution < 1.29 is 179 Å². The first-order chi connectivity index (χ1) is 38.3. The van der Waals surface area contributed by atoms with E-state index in [1.165, 1.54) is 0 Å². The van der Waals surface area contributed by atoms with Gasteiger partial charge in [-0.3, -0.25) is 4.79 Å². The van der Waals surface area contributed by atoms with Gasteiger partial charge in [-0.05, 0) is 0 Å². The van der Waals surface area contributed by atoms with Crippen molar-refractivity contribution in [2.24, 2.45) is 0 Å². The molecule has 37 heteroatoms. The number of amides is 1. The maximum Gasteiger partial charge on any atom is 0.217 e. The van der Waals surface area contributed by atoms with Crippen LogP contribution in [0.1, 0.15) is 6.92 Å². The molecule has 1 amide bonds. The molecule has 0 aliphatic carbocycles. The molecule has 6 aliphatic heterocycles. The van der Waals surface area contributed by atoms with Gasteiger partial charge >= 0.3 is 0 Å². The molecule has 34 atom stereocenters. The van der Waals surface area contributed by atoms with Crippen LogP contribution in [-0.2, 0) is 61.6 Å². The third-order valence-electron chi connectivity index (χ3n) is 14.6. The van der Waals surface area contributed by atoms with Gasteiger partial charge in [0.25, 0.3) is 0 Å². The number of rotatable bonds is 24. The van der Waals surface area contributed by atoms with E-state index in [9.17, 15) is 122 Å². The molecule has 24 N–H and O–H groups in total. The first-order valence-corrected chi connectivity index (χ1v) is 25.6. The molecule has 6 heterocycles. The molecular weight excluding hydrogens is 1120 g/mol. The van der Waals surface area contributed by atoms with Gasteiger partial charge in [0.1, 0.15) is 165 Å². The van der Waals surface area contributed by atoms with Crippen molar-refractivity contribution in [1.82, 2.24) is 5.32 Å². The first kappa shape index (κ1) is 68.2. The summed E-state index contributed by atoms with van der Waals surface area (Å²) in [6.07, 6.45) is -68.1. The second-order valence-electron chi connectivity index (χ2n) is 20.1. The second-order valence-corrected chi connectivity index (χ2v) is 20.1. The molecule has 0 bridgehead atoms. The molecule has 0 unspecified atom stereocenters. The van der Waals surface area contributed by atoms with Crippen molar-refractivity contribution in [1.29, 1.82) is 0 Å². The number of aliphatic hydroxyl groups is 23. The molecule has 6 fully saturated rings. The summed E-state index contributed by atoms with van der Waals surface area (Å²) >= 11 is 0. The number of hydrogen-bond donors (Lipinski definition) is 24. The van der Waals surface area contributed by atoms with Gasteiger partial charge in [0.2, 0.25) is 5.91 Å². The highest BCUT2D eigenvalue weighted by Crippen LogP contribution is 2.37. The van der Waals surface area contributed by atoms with E-state index in [1.54, 1.807) is 0 Å². The average molecular weight is 1200 g/mol. The van der Waals surface area contributed by atoms with Crippen LogP contribution in [0.25, 0.3) is 0 Å². The molecule has 37 nitrogen and oxygen atoms in total. The van der Waals surface area contributed by atoms with Crippen molar-refractivity contribution >= 4 is 5.91 Å². The highest BCUT2D eigenvalue weighted by Gasteiger charge is 2.58. The number of hydrogen-bond acceptors (Lipinski definition) is 36. The Balaban J connectivity index is 1.31. The maximum absolute atomic E-state index is 12.0. The van der Waals surface area contributed by atoms with Crippen molar-refractivity contribution in [3.05, 3.63) is 0 Å². The fourth-order valence-corrected chi connectivity index (χ4v) is 9.84. The Morgan fingerprint density at radius 1 is 0.395 bits per heavy atom. The minimum atomic E-state index is -2.42. The van der Waals surface area contributed by atoms with Gasteiger partial charge < -0.3 is 180 Å². The molecule has 0 radical (unpaired) electrons. The standard InChI is InChI=1S/C44H77NO36/c1-10(53)45-11(2-46)19(55)34(12(54)3-47)77-42-33(69)36(79-44-38(29(65)23(59)16(7-51)75-44)81-41-31(67)27(63)21(57)14(5-49)73-41)25(61)18(76-42)9-70-39-32(68)35(24(60)17(8-52)71-39)78-43-37(28(64)22(58)15(6-50)74-43)80-40-30(66)26(62)20(56)13(4-48)72-40/h11-44,46-52,54-69H,2-9H2,1H3,(H,45,53)/t11-,12+,13+,14+,15+,16+,17+,18+,19+,20+,21+,22+,23+,24+,25+,26-,27-,28-,29-,30-,31-,32-,33-,34+,35-,36-,37-,38-,39-,40+,41+,42-,43+,44+/m0/s1. The summed E-state index contributed by atoms with van der Waals surface area (Å²) in [6.45, 7) is -7.40. The third-order valence-corrected chi connectivity index (χ3v) is 14.6. The zero-order valence-electron chi connectivity index (χ0n) is 42.9. The van der Waals surface area contributed by atoms with Gasteiger partial charge in [0.05, 0.1) is 58.9 Å². The second kappa shape index (κ2) is 30.1. The van der Waals surface area contributed by atoms with E-state index in [0.717, 1.165) is 6.92 Å². The molecular formula is C44H77NO36. The lowest BCUT2D eigenvalue weighted by Gasteiger charge is -2.49. The van der Waals surface area contributed by atoms with E-state index in [-0.39, 0.29) is 0 Å². The van der Waals surface area contributed by atoms with E-state index in [1.807, 2.05) is 0 Å². The molecule has 6 rings (SSSR count). The Bertz CT molecular complexity index is 1890. The summed E-state index contributed by atoms with van der Waals surface area (Å²) in [5.74, 6) is -0.816. The Labute approximate surface area is 458 Å². The van der Waals surface area contributed by atoms with Crippen molar-refractivity contribution in [2.75, 3.05) is 52.9 Å². The lowest BCUT2D eigenvalue weighted by molar-refractivity contribution is -0.397. The monoisotopic (exact) mass is 1200 g/mol. The van der Waals surface area contributed by atoms with Crippen molar-refractivity contribution in [3.8, 4) is 0 Å². The van der Waals surface area contributed by atoms with Crippen molar-refractivity contribution in [3.63, 3.8) is 0 Å². The molecule has 0 aromatic rings. The normalized spacial score (nSPS) is 47.8. The molecule has 0 aromatic carbocycles. The highest BCUT2D eigenvalue weighted by atomic mass is 16.8. The smallest absolute Gasteiger partial charge is 0.217 e. The van der Waals surface area contributed by atoms with E-state index in [0.29, 0.717) is 0 Å². The summed E-state index contributed by atoms with van der Waals surface area (Å²) in [5.41, 5.74) is 0. The minimum Gasteiger partial charge on any atom is -0.394 e. The fraction of sp³-hybridized carbons (Fsp3) is 0.977. The van der Waals surface area contributed by atoms with Crippen LogP contribution < -0.4 is 5.32 Å². The lowest BCUT2D eigenvalue weighted by atomic mass is 9.95. The number of carbonyl (C=O) groups excluding carboxylic acids is 1. The van der Waals surface area contributed by atoms with Crippen LogP contribution >= 0.6 is 0 Å². The van der Waals surface area contributed by atoms with Crippen LogP contribution in [0.3, 0.4) is 0 Å². The van der Waals surface area contributed by atoms with E-state index in [4.69, 9.17) is 56.8 Å². The predicted molar refractivity (Wildman–Crippen MR) is 246 cm³/mol. The minimum absolute atomic E-state index is 0.816. The third kappa shape index (κ3) is 15.1. The van der Waals surface area contributed by atoms with Crippen LogP contribution in [0.15, 0.2) is 0 Å². The number of aliphatic hydroxyl groups excluding tert-OH is 23. The molecule has 0 aromatic heterocycles. The van der Waals surface area contributed by atoms with E-state index >= 15 is 0 Å². The Morgan fingerprint density at radius 3 is 1.14 bits per heavy atom. The van der Waals surface area contributed by atoms with E-state index in [2.05, 4.69) is 5.32 Å². The Kier molecular flexibility index (Phi) is 25.4. The van der Waals surface area contributed by atoms with Gasteiger partial charge in [-0.2, -0.15) is 0 Å². The number of carbonyl (C=O) groups is 1. The van der Waals surface area contributed by atoms with Gasteiger partial charge in [-0.25, -0.2) is 0 Å². The van der Waals surface area contributed by atoms with Gasteiger partial charge in [0, 0.05) is 6.92 Å². The van der Waals surface area contributed by atoms with Crippen LogP contribution in [0.2, 0.25) is 0 Å². The van der Waals surface area contributed by atoms with Crippen LogP contribution in [-0.4, -0.2) is 385 Å². The van der Waals surface area contributed by atoms with E-state index < -0.39 is 267 Å². The van der Waals surface area contributed by atoms with Gasteiger partial charge in [-0.15, -0.1) is 0 Å². The largest absolute Gasteiger partial charge is 0.394 e. The quantitative estimate of drug-likeness (QED) is 0.0427. The molecule has 474 valence electrons. The van der Waals surface area contributed by atoms with Crippen molar-refractivity contribution in [2.45, 2.75) is 216 Å². The molecule has 81 heavy (non-hydrogen) atoms. The topological polar surface area (TPSA) is 605 Å². The van der Waals surface area contributed by atoms with Gasteiger partial charge in [-0.1, -0.05) is 0 Å². The summed E-state index contributed by atoms with van der Waals surface area (Å²) in [6, 6.07) is -1.66. The fourth-order valence-electron chi connectivity index (χ4n) is 9.84. The summed E-state index contributed by atoms with van der Waals surface area (Å²) in [7, 11) is 0. The molecule has 6 saturated heterocycles. The Morgan fingerprint density at radius 2 is 0.741 bits per heavy atom. The summed E-state index contributed by atoms with van der Waals surface area (Å²) in [4.78, 5) is 12.0. The predicted octanol–water partition coefficient (Wildman–Crippen LogP) is -16.5. The molecule has 0 saturated carbocycles. The molecule has 6 aliphatic rings. The van der Waals surface area contributed by atoms with Gasteiger partial charge in [0.15, 0.2) is 37.7 Å². The first-order valence-electron chi connectivity index (χ1n) is 25.6. The SMILES string of the molecule is CC(=O)N[C@@H](CO)[C@@H](O)[C@H](O[C@@H]1O[C@H](CO[C@H]2O[C@H](CO)[C@@H](O)[C@H](O[C@H]3O[C@H](CO)[C@@H](O)[C@H](O)[C@@H]3O[C@H]3O[C@H](CO)[C@@H](O)[C@H](O)[C@@H]3O)[C@@H]2O)[C@@H](O)[C@H](O[C@H]2O[C@H](CO)[C@@H](O)[C@H](O)[C@@H]2O[C@H]2O[C@H](CO)[C@@H](O)[C@H](O)[C@@H]2O)[C@@H]1O)[C@H](O)CO. The zero-order chi connectivity index (χ0) is 60.1. The average Bonchev–Trinajstić information content (AvgIpc) is 3.45. The highest BCUT2D eigenvalue weighted by molar-refractivity contribution is 5.73. The zero-order valence-corrected chi connectivity index (χ0v) is 42.9. The van der Waals surface area contributed by atoms with Crippen LogP contribution in [0.4, 0.5) is 0 Å². The Hall–Kier alpha value is -1.93. The van der Waals surface area contributed by atoms with Crippen LogP contribution in [0.5, 0.6) is 0 Å². The summed E-state index contributed by atoms with van der Waals surface area (Å²) in [5, 5.41) is 248. The molecule has 0 spiro atoms. The van der Waals surface area contributed by atoms with Crippen LogP contribution in [0, 0.1) is 0 Å².